The summed E-state index contributed by atoms with van der Waals surface area (Å²) in [6, 6.07) is 0.792. The predicted molar refractivity (Wildman–Crippen MR) is 53.2 cm³/mol. The molecule has 0 spiro atoms. The van der Waals surface area contributed by atoms with Gasteiger partial charge >= 0.3 is 0 Å². The second kappa shape index (κ2) is 6.44. The van der Waals surface area contributed by atoms with Crippen LogP contribution in [0.25, 0.3) is 0 Å². The summed E-state index contributed by atoms with van der Waals surface area (Å²) >= 11 is 0. The van der Waals surface area contributed by atoms with Crippen LogP contribution >= 0.6 is 0 Å². The molecule has 0 radical (unpaired) electrons. The third-order valence-electron chi connectivity index (χ3n) is 2.06. The molecule has 2 nitrogen and oxygen atoms in total. The van der Waals surface area contributed by atoms with E-state index in [0.29, 0.717) is 6.04 Å². The second-order valence-electron chi connectivity index (χ2n) is 3.99. The normalized spacial score (nSPS) is 16.5. The largest absolute Gasteiger partial charge is 0.395 e. The van der Waals surface area contributed by atoms with Gasteiger partial charge in [0.25, 0.3) is 0 Å². The maximum Gasteiger partial charge on any atom is 0.0584 e. The molecule has 0 unspecified atom stereocenters. The van der Waals surface area contributed by atoms with Gasteiger partial charge in [0.2, 0.25) is 0 Å². The molecule has 0 aromatic rings. The summed E-state index contributed by atoms with van der Waals surface area (Å²) < 4.78 is 0. The molecule has 0 saturated heterocycles. The Hall–Kier alpha value is -0.0800. The zero-order valence-electron chi connectivity index (χ0n) is 8.80. The molecular weight excluding hydrogens is 150 g/mol. The lowest BCUT2D eigenvalue weighted by atomic mass is 10.0. The highest BCUT2D eigenvalue weighted by molar-refractivity contribution is 4.70. The second-order valence-corrected chi connectivity index (χ2v) is 3.99. The van der Waals surface area contributed by atoms with Crippen molar-refractivity contribution in [2.24, 2.45) is 5.92 Å². The molecule has 0 aromatic carbocycles. The van der Waals surface area contributed by atoms with Crippen LogP contribution in [0, 0.1) is 5.92 Å². The van der Waals surface area contributed by atoms with Crippen LogP contribution in [0.1, 0.15) is 40.5 Å². The fourth-order valence-corrected chi connectivity index (χ4v) is 1.48. The van der Waals surface area contributed by atoms with Crippen molar-refractivity contribution in [1.29, 1.82) is 0 Å². The molecule has 2 N–H and O–H groups in total. The van der Waals surface area contributed by atoms with Crippen LogP contribution in [0.5, 0.6) is 0 Å². The van der Waals surface area contributed by atoms with Crippen LogP contribution in [-0.4, -0.2) is 23.8 Å². The lowest BCUT2D eigenvalue weighted by molar-refractivity contribution is 0.224. The van der Waals surface area contributed by atoms with Gasteiger partial charge in [-0.3, -0.25) is 0 Å². The first kappa shape index (κ1) is 11.9. The summed E-state index contributed by atoms with van der Waals surface area (Å²) in [5.41, 5.74) is 0. The van der Waals surface area contributed by atoms with E-state index in [1.807, 2.05) is 0 Å². The first-order valence-corrected chi connectivity index (χ1v) is 4.97. The number of aliphatic hydroxyl groups is 1. The van der Waals surface area contributed by atoms with E-state index in [9.17, 15) is 0 Å². The summed E-state index contributed by atoms with van der Waals surface area (Å²) in [5.74, 6) is 0.726. The SMILES string of the molecule is CC[C@H](CO)N[C@@H](C)CC(C)C. The Balaban J connectivity index is 3.58. The Morgan fingerprint density at radius 2 is 1.83 bits per heavy atom. The van der Waals surface area contributed by atoms with E-state index in [-0.39, 0.29) is 12.6 Å². The van der Waals surface area contributed by atoms with Crippen LogP contribution in [-0.2, 0) is 0 Å². The van der Waals surface area contributed by atoms with Gasteiger partial charge in [-0.25, -0.2) is 0 Å². The number of aliphatic hydroxyl groups excluding tert-OH is 1. The van der Waals surface area contributed by atoms with E-state index in [1.165, 1.54) is 6.42 Å². The van der Waals surface area contributed by atoms with Gasteiger partial charge in [0.15, 0.2) is 0 Å². The van der Waals surface area contributed by atoms with Gasteiger partial charge < -0.3 is 10.4 Å². The fourth-order valence-electron chi connectivity index (χ4n) is 1.48. The quantitative estimate of drug-likeness (QED) is 0.641. The van der Waals surface area contributed by atoms with Crippen molar-refractivity contribution < 1.29 is 5.11 Å². The van der Waals surface area contributed by atoms with Crippen LogP contribution in [0.15, 0.2) is 0 Å². The van der Waals surface area contributed by atoms with Crippen LogP contribution in [0.2, 0.25) is 0 Å². The van der Waals surface area contributed by atoms with E-state index in [2.05, 4.69) is 33.0 Å². The highest BCUT2D eigenvalue weighted by Gasteiger charge is 2.09. The molecule has 0 rings (SSSR count). The van der Waals surface area contributed by atoms with Gasteiger partial charge in [0.1, 0.15) is 0 Å². The molecule has 0 saturated carbocycles. The highest BCUT2D eigenvalue weighted by atomic mass is 16.3. The maximum atomic E-state index is 8.95. The van der Waals surface area contributed by atoms with Gasteiger partial charge in [-0.1, -0.05) is 20.8 Å². The summed E-state index contributed by atoms with van der Waals surface area (Å²) in [6.45, 7) is 8.96. The van der Waals surface area contributed by atoms with Gasteiger partial charge in [-0.15, -0.1) is 0 Å². The number of rotatable bonds is 6. The minimum Gasteiger partial charge on any atom is -0.395 e. The van der Waals surface area contributed by atoms with Crippen molar-refractivity contribution in [3.63, 3.8) is 0 Å². The smallest absolute Gasteiger partial charge is 0.0584 e. The van der Waals surface area contributed by atoms with Gasteiger partial charge in [0.05, 0.1) is 6.61 Å². The Kier molecular flexibility index (Phi) is 6.39. The van der Waals surface area contributed by atoms with Crippen molar-refractivity contribution in [2.75, 3.05) is 6.61 Å². The monoisotopic (exact) mass is 173 g/mol. The van der Waals surface area contributed by atoms with E-state index in [4.69, 9.17) is 5.11 Å². The maximum absolute atomic E-state index is 8.95. The molecule has 0 amide bonds. The lowest BCUT2D eigenvalue weighted by Crippen LogP contribution is -2.39. The van der Waals surface area contributed by atoms with Crippen LogP contribution in [0.4, 0.5) is 0 Å². The molecule has 0 aliphatic carbocycles. The predicted octanol–water partition coefficient (Wildman–Crippen LogP) is 1.78. The summed E-state index contributed by atoms with van der Waals surface area (Å²) in [6.07, 6.45) is 2.18. The molecule has 0 aliphatic rings. The molecule has 2 atom stereocenters. The fraction of sp³-hybridized carbons (Fsp3) is 1.00. The Morgan fingerprint density at radius 1 is 1.25 bits per heavy atom. The third-order valence-corrected chi connectivity index (χ3v) is 2.06. The lowest BCUT2D eigenvalue weighted by Gasteiger charge is -2.21. The van der Waals surface area contributed by atoms with Gasteiger partial charge in [0, 0.05) is 12.1 Å². The zero-order valence-corrected chi connectivity index (χ0v) is 8.80. The van der Waals surface area contributed by atoms with Crippen molar-refractivity contribution >= 4 is 0 Å². The molecular formula is C10H23NO. The molecule has 0 aliphatic heterocycles. The zero-order chi connectivity index (χ0) is 9.56. The third kappa shape index (κ3) is 5.56. The number of hydrogen-bond acceptors (Lipinski definition) is 2. The molecule has 0 bridgehead atoms. The average Bonchev–Trinajstić information content (AvgIpc) is 1.98. The average molecular weight is 173 g/mol. The van der Waals surface area contributed by atoms with Crippen molar-refractivity contribution in [3.8, 4) is 0 Å². The summed E-state index contributed by atoms with van der Waals surface area (Å²) in [7, 11) is 0. The Labute approximate surface area is 76.4 Å². The number of hydrogen-bond donors (Lipinski definition) is 2. The molecule has 0 fully saturated rings. The van der Waals surface area contributed by atoms with Crippen molar-refractivity contribution in [2.45, 2.75) is 52.6 Å². The van der Waals surface area contributed by atoms with Crippen LogP contribution < -0.4 is 5.32 Å². The standard InChI is InChI=1S/C10H23NO/c1-5-10(7-12)11-9(4)6-8(2)3/h8-12H,5-7H2,1-4H3/t9-,10+/m0/s1. The van der Waals surface area contributed by atoms with Gasteiger partial charge in [-0.2, -0.15) is 0 Å². The minimum absolute atomic E-state index is 0.249. The first-order valence-electron chi connectivity index (χ1n) is 4.97. The first-order chi connectivity index (χ1) is 5.60. The topological polar surface area (TPSA) is 32.3 Å². The van der Waals surface area contributed by atoms with Gasteiger partial charge in [-0.05, 0) is 25.7 Å². The van der Waals surface area contributed by atoms with E-state index < -0.39 is 0 Å². The molecule has 74 valence electrons. The molecule has 0 heterocycles. The molecule has 12 heavy (non-hydrogen) atoms. The van der Waals surface area contributed by atoms with E-state index in [1.54, 1.807) is 0 Å². The van der Waals surface area contributed by atoms with Crippen LogP contribution in [0.3, 0.4) is 0 Å². The highest BCUT2D eigenvalue weighted by Crippen LogP contribution is 2.05. The minimum atomic E-state index is 0.249. The van der Waals surface area contributed by atoms with Crippen molar-refractivity contribution in [1.82, 2.24) is 5.32 Å². The Bertz CT molecular complexity index is 100. The van der Waals surface area contributed by atoms with E-state index >= 15 is 0 Å². The summed E-state index contributed by atoms with van der Waals surface area (Å²) in [4.78, 5) is 0. The van der Waals surface area contributed by atoms with Crippen molar-refractivity contribution in [3.05, 3.63) is 0 Å². The molecule has 0 aromatic heterocycles. The van der Waals surface area contributed by atoms with E-state index in [0.717, 1.165) is 12.3 Å². The molecule has 2 heteroatoms. The summed E-state index contributed by atoms with van der Waals surface area (Å²) in [5, 5.41) is 12.3. The Morgan fingerprint density at radius 3 is 2.17 bits per heavy atom. The number of nitrogens with one attached hydrogen (secondary N) is 1.